The van der Waals surface area contributed by atoms with Gasteiger partial charge in [-0.15, -0.1) is 0 Å². The minimum absolute atomic E-state index is 0.0158. The molecule has 0 fully saturated rings. The summed E-state index contributed by atoms with van der Waals surface area (Å²) in [4.78, 5) is 12.9. The standard InChI is InChI=1S/C18H21ClN2O3S/c1-21(10-5-11-22)25(2,24)17-9-3-6-14(12-17)18(23)20-16-8-4-7-15(19)13-16/h3-4,6-9,12-13,22H,2,5,10-11H2,1H3,(H,20,23). The van der Waals surface area contributed by atoms with Crippen molar-refractivity contribution in [3.63, 3.8) is 0 Å². The third-order valence-electron chi connectivity index (χ3n) is 3.68. The molecule has 2 aromatic rings. The fourth-order valence-electron chi connectivity index (χ4n) is 2.23. The highest BCUT2D eigenvalue weighted by molar-refractivity contribution is 7.98. The SMILES string of the molecule is C=S(=O)(c1cccc(C(=O)Nc2cccc(Cl)c2)c1)N(C)CCCO. The minimum atomic E-state index is -2.73. The maximum atomic E-state index is 13.0. The summed E-state index contributed by atoms with van der Waals surface area (Å²) in [6, 6.07) is 13.4. The first-order valence-electron chi connectivity index (χ1n) is 7.71. The van der Waals surface area contributed by atoms with Crippen LogP contribution in [-0.2, 0) is 9.71 Å². The van der Waals surface area contributed by atoms with Gasteiger partial charge in [0.2, 0.25) is 0 Å². The van der Waals surface area contributed by atoms with Gasteiger partial charge in [0.25, 0.3) is 5.91 Å². The quantitative estimate of drug-likeness (QED) is 0.725. The van der Waals surface area contributed by atoms with Crippen LogP contribution in [0, 0.1) is 0 Å². The lowest BCUT2D eigenvalue weighted by Gasteiger charge is -2.22. The van der Waals surface area contributed by atoms with Crippen LogP contribution in [-0.4, -0.2) is 45.6 Å². The van der Waals surface area contributed by atoms with Crippen LogP contribution < -0.4 is 5.32 Å². The van der Waals surface area contributed by atoms with Crippen molar-refractivity contribution in [1.29, 1.82) is 0 Å². The lowest BCUT2D eigenvalue weighted by atomic mass is 10.2. The summed E-state index contributed by atoms with van der Waals surface area (Å²) in [6.07, 6.45) is 0.498. The van der Waals surface area contributed by atoms with Crippen molar-refractivity contribution in [3.8, 4) is 0 Å². The Morgan fingerprint density at radius 3 is 2.68 bits per heavy atom. The average Bonchev–Trinajstić information content (AvgIpc) is 2.59. The summed E-state index contributed by atoms with van der Waals surface area (Å²) in [5.41, 5.74) is 0.961. The van der Waals surface area contributed by atoms with E-state index in [1.807, 2.05) is 0 Å². The van der Waals surface area contributed by atoms with Crippen LogP contribution in [0.15, 0.2) is 53.4 Å². The van der Waals surface area contributed by atoms with E-state index in [2.05, 4.69) is 11.2 Å². The second-order valence-electron chi connectivity index (χ2n) is 5.56. The molecule has 0 aliphatic rings. The summed E-state index contributed by atoms with van der Waals surface area (Å²) < 4.78 is 14.5. The Kier molecular flexibility index (Phi) is 6.61. The van der Waals surface area contributed by atoms with Gasteiger partial charge in [0.1, 0.15) is 0 Å². The molecule has 0 saturated heterocycles. The van der Waals surface area contributed by atoms with Gasteiger partial charge in [-0.2, -0.15) is 0 Å². The number of carbonyl (C=O) groups is 1. The van der Waals surface area contributed by atoms with Crippen LogP contribution >= 0.6 is 11.6 Å². The molecule has 0 bridgehead atoms. The second kappa shape index (κ2) is 8.49. The molecule has 134 valence electrons. The number of hydrogen-bond donors (Lipinski definition) is 2. The van der Waals surface area contributed by atoms with Crippen LogP contribution in [0.1, 0.15) is 16.8 Å². The molecule has 2 rings (SSSR count). The lowest BCUT2D eigenvalue weighted by Crippen LogP contribution is -2.28. The number of anilines is 1. The van der Waals surface area contributed by atoms with E-state index < -0.39 is 9.71 Å². The molecule has 0 spiro atoms. The summed E-state index contributed by atoms with van der Waals surface area (Å²) >= 11 is 5.91. The van der Waals surface area contributed by atoms with Gasteiger partial charge < -0.3 is 10.4 Å². The zero-order chi connectivity index (χ0) is 18.4. The Bertz CT molecular complexity index is 853. The number of carbonyl (C=O) groups excluding carboxylic acids is 1. The third-order valence-corrected chi connectivity index (χ3v) is 6.10. The average molecular weight is 381 g/mol. The van der Waals surface area contributed by atoms with Crippen molar-refractivity contribution in [2.75, 3.05) is 25.5 Å². The molecule has 0 aromatic heterocycles. The molecule has 2 N–H and O–H groups in total. The first kappa shape index (κ1) is 19.5. The van der Waals surface area contributed by atoms with Crippen molar-refractivity contribution in [2.45, 2.75) is 11.3 Å². The van der Waals surface area contributed by atoms with Gasteiger partial charge in [0.05, 0.1) is 9.71 Å². The number of nitrogens with one attached hydrogen (secondary N) is 1. The Labute approximate surface area is 153 Å². The topological polar surface area (TPSA) is 69.6 Å². The van der Waals surface area contributed by atoms with E-state index >= 15 is 0 Å². The van der Waals surface area contributed by atoms with Crippen LogP contribution in [0.3, 0.4) is 0 Å². The molecule has 0 heterocycles. The van der Waals surface area contributed by atoms with Gasteiger partial charge in [-0.25, -0.2) is 8.51 Å². The number of aliphatic hydroxyl groups excluding tert-OH is 1. The van der Waals surface area contributed by atoms with Crippen LogP contribution in [0.5, 0.6) is 0 Å². The Hall–Kier alpha value is -1.86. The molecule has 1 atom stereocenters. The lowest BCUT2D eigenvalue weighted by molar-refractivity contribution is 0.102. The molecule has 0 aliphatic heterocycles. The van der Waals surface area contributed by atoms with Crippen LogP contribution in [0.2, 0.25) is 5.02 Å². The van der Waals surface area contributed by atoms with Crippen LogP contribution in [0.25, 0.3) is 0 Å². The Morgan fingerprint density at radius 1 is 1.28 bits per heavy atom. The van der Waals surface area contributed by atoms with E-state index in [4.69, 9.17) is 16.7 Å². The number of halogens is 1. The fourth-order valence-corrected chi connectivity index (χ4v) is 3.80. The monoisotopic (exact) mass is 380 g/mol. The summed E-state index contributed by atoms with van der Waals surface area (Å²) in [7, 11) is -1.04. The largest absolute Gasteiger partial charge is 0.396 e. The molecule has 5 nitrogen and oxygen atoms in total. The normalized spacial score (nSPS) is 13.4. The number of benzene rings is 2. The van der Waals surface area contributed by atoms with Gasteiger partial charge in [0.15, 0.2) is 0 Å². The van der Waals surface area contributed by atoms with E-state index in [-0.39, 0.29) is 12.5 Å². The number of amides is 1. The van der Waals surface area contributed by atoms with Gasteiger partial charge in [-0.3, -0.25) is 4.79 Å². The number of aliphatic hydroxyl groups is 1. The zero-order valence-electron chi connectivity index (χ0n) is 13.9. The predicted octanol–water partition coefficient (Wildman–Crippen LogP) is 2.90. The van der Waals surface area contributed by atoms with Crippen LogP contribution in [0.4, 0.5) is 5.69 Å². The highest BCUT2D eigenvalue weighted by atomic mass is 35.5. The molecule has 2 aromatic carbocycles. The minimum Gasteiger partial charge on any atom is -0.396 e. The molecular formula is C18H21ClN2O3S. The fraction of sp³-hybridized carbons (Fsp3) is 0.222. The third kappa shape index (κ3) is 5.06. The molecule has 25 heavy (non-hydrogen) atoms. The van der Waals surface area contributed by atoms with Crippen molar-refractivity contribution in [3.05, 3.63) is 59.1 Å². The van der Waals surface area contributed by atoms with Crippen molar-refractivity contribution >= 4 is 38.8 Å². The molecular weight excluding hydrogens is 360 g/mol. The zero-order valence-corrected chi connectivity index (χ0v) is 15.5. The first-order chi connectivity index (χ1) is 11.8. The van der Waals surface area contributed by atoms with E-state index in [1.54, 1.807) is 59.9 Å². The molecule has 0 saturated carbocycles. The predicted molar refractivity (Wildman–Crippen MR) is 104 cm³/mol. The Morgan fingerprint density at radius 2 is 2.00 bits per heavy atom. The van der Waals surface area contributed by atoms with Gasteiger partial charge in [-0.1, -0.05) is 23.7 Å². The molecule has 7 heteroatoms. The maximum Gasteiger partial charge on any atom is 0.255 e. The number of hydrogen-bond acceptors (Lipinski definition) is 3. The van der Waals surface area contributed by atoms with Gasteiger partial charge in [-0.05, 0) is 55.7 Å². The Balaban J connectivity index is 2.21. The van der Waals surface area contributed by atoms with E-state index in [1.165, 1.54) is 0 Å². The number of rotatable bonds is 7. The smallest absolute Gasteiger partial charge is 0.255 e. The van der Waals surface area contributed by atoms with Gasteiger partial charge >= 0.3 is 0 Å². The van der Waals surface area contributed by atoms with Crippen molar-refractivity contribution in [1.82, 2.24) is 4.31 Å². The second-order valence-corrected chi connectivity index (χ2v) is 8.37. The highest BCUT2D eigenvalue weighted by Gasteiger charge is 2.16. The maximum absolute atomic E-state index is 13.0. The summed E-state index contributed by atoms with van der Waals surface area (Å²) in [6.45, 7) is 0.458. The molecule has 1 unspecified atom stereocenters. The van der Waals surface area contributed by atoms with Gasteiger partial charge in [0, 0.05) is 34.3 Å². The van der Waals surface area contributed by atoms with E-state index in [0.717, 1.165) is 0 Å². The van der Waals surface area contributed by atoms with E-state index in [9.17, 15) is 9.00 Å². The van der Waals surface area contributed by atoms with E-state index in [0.29, 0.717) is 34.1 Å². The molecule has 0 radical (unpaired) electrons. The first-order valence-corrected chi connectivity index (χ1v) is 9.77. The molecule has 1 amide bonds. The number of nitrogens with zero attached hydrogens (tertiary/aromatic N) is 1. The van der Waals surface area contributed by atoms with Crippen molar-refractivity contribution in [2.24, 2.45) is 0 Å². The summed E-state index contributed by atoms with van der Waals surface area (Å²) in [5.74, 6) is 3.49. The highest BCUT2D eigenvalue weighted by Crippen LogP contribution is 2.19. The molecule has 0 aliphatic carbocycles. The van der Waals surface area contributed by atoms with Crippen molar-refractivity contribution < 1.29 is 14.1 Å². The summed E-state index contributed by atoms with van der Waals surface area (Å²) in [5, 5.41) is 12.2.